The van der Waals surface area contributed by atoms with Crippen LogP contribution in [0.3, 0.4) is 0 Å². The van der Waals surface area contributed by atoms with Gasteiger partial charge in [-0.2, -0.15) is 0 Å². The van der Waals surface area contributed by atoms with E-state index in [0.717, 1.165) is 6.07 Å². The predicted molar refractivity (Wildman–Crippen MR) is 46.6 cm³/mol. The first-order valence-corrected chi connectivity index (χ1v) is 3.55. The largest absolute Gasteiger partial charge is 0.465 e. The monoisotopic (exact) mass is 197 g/mol. The second-order valence-electron chi connectivity index (χ2n) is 2.35. The van der Waals surface area contributed by atoms with Gasteiger partial charge in [-0.3, -0.25) is 0 Å². The predicted octanol–water partition coefficient (Wildman–Crippen LogP) is 0.359. The number of rotatable bonds is 2. The van der Waals surface area contributed by atoms with E-state index in [1.54, 1.807) is 0 Å². The lowest BCUT2D eigenvalue weighted by molar-refractivity contribution is -0.389. The van der Waals surface area contributed by atoms with Crippen molar-refractivity contribution in [3.8, 4) is 0 Å². The number of hydrogen-bond acceptors (Lipinski definition) is 6. The number of carbonyl (C=O) groups is 1. The van der Waals surface area contributed by atoms with E-state index in [4.69, 9.17) is 5.73 Å². The Kier molecular flexibility index (Phi) is 2.61. The molecule has 0 radical (unpaired) electrons. The molecule has 0 amide bonds. The summed E-state index contributed by atoms with van der Waals surface area (Å²) in [5, 5.41) is 10.3. The molecule has 0 aliphatic rings. The highest BCUT2D eigenvalue weighted by atomic mass is 16.6. The molecule has 0 aromatic carbocycles. The van der Waals surface area contributed by atoms with Gasteiger partial charge >= 0.3 is 11.8 Å². The molecule has 0 aliphatic heterocycles. The summed E-state index contributed by atoms with van der Waals surface area (Å²) in [4.78, 5) is 24.0. The van der Waals surface area contributed by atoms with E-state index in [9.17, 15) is 14.9 Å². The molecule has 7 nitrogen and oxygen atoms in total. The van der Waals surface area contributed by atoms with Crippen molar-refractivity contribution >= 4 is 17.6 Å². The van der Waals surface area contributed by atoms with Crippen LogP contribution in [0.5, 0.6) is 0 Å². The molecule has 0 atom stereocenters. The number of nitrogen functional groups attached to an aromatic ring is 1. The number of nitrogens with two attached hydrogens (primary N) is 1. The molecule has 2 N–H and O–H groups in total. The lowest BCUT2D eigenvalue weighted by Gasteiger charge is -1.98. The van der Waals surface area contributed by atoms with Gasteiger partial charge in [0.05, 0.1) is 7.11 Å². The number of nitrogens with zero attached hydrogens (tertiary/aromatic N) is 2. The summed E-state index contributed by atoms with van der Waals surface area (Å²) in [6.45, 7) is 0. The zero-order valence-corrected chi connectivity index (χ0v) is 7.26. The van der Waals surface area contributed by atoms with Crippen molar-refractivity contribution < 1.29 is 14.5 Å². The van der Waals surface area contributed by atoms with Crippen LogP contribution in [0.15, 0.2) is 12.1 Å². The van der Waals surface area contributed by atoms with Crippen LogP contribution in [0.25, 0.3) is 0 Å². The van der Waals surface area contributed by atoms with Crippen molar-refractivity contribution in [3.05, 3.63) is 27.8 Å². The van der Waals surface area contributed by atoms with Gasteiger partial charge in [0.1, 0.15) is 5.56 Å². The molecule has 0 unspecified atom stereocenters. The van der Waals surface area contributed by atoms with Crippen molar-refractivity contribution in [1.82, 2.24) is 4.98 Å². The van der Waals surface area contributed by atoms with Gasteiger partial charge in [0.2, 0.25) is 0 Å². The average molecular weight is 197 g/mol. The highest BCUT2D eigenvalue weighted by molar-refractivity contribution is 5.94. The van der Waals surface area contributed by atoms with Crippen molar-refractivity contribution in [2.24, 2.45) is 0 Å². The van der Waals surface area contributed by atoms with E-state index in [2.05, 4.69) is 9.72 Å². The molecule has 1 aromatic rings. The second kappa shape index (κ2) is 3.69. The zero-order valence-electron chi connectivity index (χ0n) is 7.26. The van der Waals surface area contributed by atoms with Gasteiger partial charge in [-0.25, -0.2) is 4.79 Å². The summed E-state index contributed by atoms with van der Waals surface area (Å²) in [6, 6.07) is 2.29. The van der Waals surface area contributed by atoms with E-state index < -0.39 is 16.7 Å². The van der Waals surface area contributed by atoms with Gasteiger partial charge in [-0.05, 0) is 16.0 Å². The van der Waals surface area contributed by atoms with Crippen LogP contribution >= 0.6 is 0 Å². The average Bonchev–Trinajstić information content (AvgIpc) is 2.16. The Hall–Kier alpha value is -2.18. The van der Waals surface area contributed by atoms with Gasteiger partial charge < -0.3 is 20.6 Å². The fourth-order valence-electron chi connectivity index (χ4n) is 0.848. The summed E-state index contributed by atoms with van der Waals surface area (Å²) >= 11 is 0. The van der Waals surface area contributed by atoms with E-state index in [-0.39, 0.29) is 11.4 Å². The Bertz CT molecular complexity index is 391. The van der Waals surface area contributed by atoms with Crippen molar-refractivity contribution in [1.29, 1.82) is 0 Å². The molecule has 74 valence electrons. The quantitative estimate of drug-likeness (QED) is 0.416. The minimum atomic E-state index is -0.697. The molecular formula is C7H7N3O4. The number of pyridine rings is 1. The first kappa shape index (κ1) is 9.90. The number of nitro groups is 1. The second-order valence-corrected chi connectivity index (χ2v) is 2.35. The summed E-state index contributed by atoms with van der Waals surface area (Å²) in [7, 11) is 1.18. The van der Waals surface area contributed by atoms with Gasteiger partial charge in [0.15, 0.2) is 0 Å². The summed E-state index contributed by atoms with van der Waals surface area (Å²) in [6.07, 6.45) is 0. The smallest absolute Gasteiger partial charge is 0.365 e. The van der Waals surface area contributed by atoms with E-state index in [1.807, 2.05) is 0 Å². The van der Waals surface area contributed by atoms with Crippen LogP contribution in [0.1, 0.15) is 10.4 Å². The Balaban J connectivity index is 3.14. The Morgan fingerprint density at radius 1 is 1.64 bits per heavy atom. The molecule has 1 rings (SSSR count). The highest BCUT2D eigenvalue weighted by Crippen LogP contribution is 2.15. The molecule has 7 heteroatoms. The molecule has 0 bridgehead atoms. The van der Waals surface area contributed by atoms with Crippen molar-refractivity contribution in [2.45, 2.75) is 0 Å². The SMILES string of the molecule is COC(=O)c1ccc([N+](=O)[O-])nc1N. The third-order valence-corrected chi connectivity index (χ3v) is 1.50. The third-order valence-electron chi connectivity index (χ3n) is 1.50. The van der Waals surface area contributed by atoms with Gasteiger partial charge in [0, 0.05) is 6.07 Å². The van der Waals surface area contributed by atoms with E-state index in [0.29, 0.717) is 0 Å². The van der Waals surface area contributed by atoms with Crippen LogP contribution in [0.4, 0.5) is 11.6 Å². The third kappa shape index (κ3) is 1.76. The molecule has 0 aliphatic carbocycles. The maximum Gasteiger partial charge on any atom is 0.365 e. The number of carbonyl (C=O) groups excluding carboxylic acids is 1. The maximum atomic E-state index is 11.0. The number of esters is 1. The fraction of sp³-hybridized carbons (Fsp3) is 0.143. The van der Waals surface area contributed by atoms with Crippen LogP contribution in [-0.2, 0) is 4.74 Å². The molecule has 1 aromatic heterocycles. The number of methoxy groups -OCH3 is 1. The minimum absolute atomic E-state index is 0.0121. The summed E-state index contributed by atoms with van der Waals surface area (Å²) in [5.74, 6) is -1.30. The zero-order chi connectivity index (χ0) is 10.7. The van der Waals surface area contributed by atoms with Crippen molar-refractivity contribution in [3.63, 3.8) is 0 Å². The first-order valence-electron chi connectivity index (χ1n) is 3.55. The Labute approximate surface area is 78.6 Å². The fourth-order valence-corrected chi connectivity index (χ4v) is 0.848. The minimum Gasteiger partial charge on any atom is -0.465 e. The molecule has 0 fully saturated rings. The van der Waals surface area contributed by atoms with Crippen LogP contribution in [0, 0.1) is 10.1 Å². The highest BCUT2D eigenvalue weighted by Gasteiger charge is 2.18. The molecule has 0 saturated carbocycles. The standard InChI is InChI=1S/C7H7N3O4/c1-14-7(11)4-2-3-5(10(12)13)9-6(4)8/h2-3H,1H3,(H2,8,9). The van der Waals surface area contributed by atoms with Crippen molar-refractivity contribution in [2.75, 3.05) is 12.8 Å². The Morgan fingerprint density at radius 2 is 2.29 bits per heavy atom. The summed E-state index contributed by atoms with van der Waals surface area (Å²) in [5.41, 5.74) is 5.33. The topological polar surface area (TPSA) is 108 Å². The first-order chi connectivity index (χ1) is 6.56. The van der Waals surface area contributed by atoms with Gasteiger partial charge in [0.25, 0.3) is 5.82 Å². The van der Waals surface area contributed by atoms with Gasteiger partial charge in [-0.1, -0.05) is 0 Å². The number of hydrogen-bond donors (Lipinski definition) is 1. The Morgan fingerprint density at radius 3 is 2.71 bits per heavy atom. The molecule has 1 heterocycles. The molecule has 0 saturated heterocycles. The number of anilines is 1. The molecule has 14 heavy (non-hydrogen) atoms. The maximum absolute atomic E-state index is 11.0. The lowest BCUT2D eigenvalue weighted by atomic mass is 10.2. The summed E-state index contributed by atoms with van der Waals surface area (Å²) < 4.78 is 4.39. The number of aromatic nitrogens is 1. The normalized spacial score (nSPS) is 9.50. The van der Waals surface area contributed by atoms with Gasteiger partial charge in [-0.15, -0.1) is 0 Å². The van der Waals surface area contributed by atoms with E-state index >= 15 is 0 Å². The van der Waals surface area contributed by atoms with Crippen LogP contribution in [0.2, 0.25) is 0 Å². The van der Waals surface area contributed by atoms with Crippen LogP contribution in [-0.4, -0.2) is 23.0 Å². The molecule has 0 spiro atoms. The molecular weight excluding hydrogens is 190 g/mol. The number of ether oxygens (including phenoxy) is 1. The van der Waals surface area contributed by atoms with E-state index in [1.165, 1.54) is 13.2 Å². The lowest BCUT2D eigenvalue weighted by Crippen LogP contribution is -2.08. The van der Waals surface area contributed by atoms with Crippen LogP contribution < -0.4 is 5.73 Å².